The molecule has 0 aliphatic rings. The second-order valence-corrected chi connectivity index (χ2v) is 6.77. The number of rotatable bonds is 7. The predicted octanol–water partition coefficient (Wildman–Crippen LogP) is 3.87. The molecule has 0 aromatic heterocycles. The van der Waals surface area contributed by atoms with Gasteiger partial charge in [-0.2, -0.15) is 8.78 Å². The molecule has 25 heavy (non-hydrogen) atoms. The zero-order valence-corrected chi connectivity index (χ0v) is 14.1. The zero-order valence-electron chi connectivity index (χ0n) is 12.5. The summed E-state index contributed by atoms with van der Waals surface area (Å²) in [6.45, 7) is -2.96. The van der Waals surface area contributed by atoms with Crippen molar-refractivity contribution >= 4 is 38.6 Å². The Hall–Kier alpha value is -2.45. The lowest BCUT2D eigenvalue weighted by molar-refractivity contribution is -0.107. The topological polar surface area (TPSA) is 72.5 Å². The first kappa shape index (κ1) is 18.9. The molecule has 0 radical (unpaired) electrons. The molecule has 0 aliphatic heterocycles. The molecular weight excluding hydrogens is 376 g/mol. The number of carbonyl (C=O) groups excluding carboxylic acids is 1. The van der Waals surface area contributed by atoms with Gasteiger partial charge in [-0.3, -0.25) is 9.52 Å². The molecule has 1 N–H and O–H groups in total. The molecule has 0 unspecified atom stereocenters. The Labute approximate surface area is 147 Å². The Morgan fingerprint density at radius 3 is 2.44 bits per heavy atom. The molecule has 2 aromatic carbocycles. The van der Waals surface area contributed by atoms with Gasteiger partial charge in [0.05, 0.1) is 4.90 Å². The highest BCUT2D eigenvalue weighted by molar-refractivity contribution is 7.92. The van der Waals surface area contributed by atoms with Crippen molar-refractivity contribution in [2.45, 2.75) is 11.5 Å². The van der Waals surface area contributed by atoms with Crippen molar-refractivity contribution < 1.29 is 26.7 Å². The Balaban J connectivity index is 2.18. The van der Waals surface area contributed by atoms with E-state index in [0.29, 0.717) is 5.56 Å². The number of allylic oxidation sites excluding steroid dienone is 1. The van der Waals surface area contributed by atoms with Crippen molar-refractivity contribution in [3.63, 3.8) is 0 Å². The van der Waals surface area contributed by atoms with Gasteiger partial charge in [-0.25, -0.2) is 8.42 Å². The maximum absolute atomic E-state index is 12.4. The summed E-state index contributed by atoms with van der Waals surface area (Å²) in [5.41, 5.74) is 0.649. The van der Waals surface area contributed by atoms with Crippen LogP contribution in [0.2, 0.25) is 0 Å². The number of ether oxygens (including phenoxy) is 1. The fourth-order valence-corrected chi connectivity index (χ4v) is 3.04. The molecule has 0 bridgehead atoms. The number of halogens is 3. The molecule has 2 aromatic rings. The number of hydrogen-bond donors (Lipinski definition) is 1. The maximum Gasteiger partial charge on any atom is 0.387 e. The lowest BCUT2D eigenvalue weighted by Gasteiger charge is -2.10. The molecule has 0 aliphatic carbocycles. The van der Waals surface area contributed by atoms with Crippen LogP contribution in [-0.2, 0) is 14.8 Å². The van der Waals surface area contributed by atoms with Gasteiger partial charge in [0, 0.05) is 5.69 Å². The molecule has 0 atom stereocenters. The fourth-order valence-electron chi connectivity index (χ4n) is 1.87. The number of sulfonamides is 1. The summed E-state index contributed by atoms with van der Waals surface area (Å²) in [6.07, 6.45) is 2.48. The molecule has 132 valence electrons. The van der Waals surface area contributed by atoms with E-state index in [-0.39, 0.29) is 16.3 Å². The first-order chi connectivity index (χ1) is 11.8. The van der Waals surface area contributed by atoms with Crippen LogP contribution < -0.4 is 9.46 Å². The van der Waals surface area contributed by atoms with E-state index in [1.54, 1.807) is 6.07 Å². The summed E-state index contributed by atoms with van der Waals surface area (Å²) in [7, 11) is -3.90. The quantitative estimate of drug-likeness (QED) is 0.578. The van der Waals surface area contributed by atoms with Crippen molar-refractivity contribution in [1.82, 2.24) is 0 Å². The molecule has 0 amide bonds. The highest BCUT2D eigenvalue weighted by Crippen LogP contribution is 2.21. The Bertz CT molecular complexity index is 883. The third kappa shape index (κ3) is 5.84. The van der Waals surface area contributed by atoms with Crippen LogP contribution in [0.3, 0.4) is 0 Å². The van der Waals surface area contributed by atoms with Crippen LogP contribution in [0.25, 0.3) is 6.08 Å². The largest absolute Gasteiger partial charge is 0.435 e. The molecule has 0 spiro atoms. The molecule has 0 fully saturated rings. The van der Waals surface area contributed by atoms with Crippen LogP contribution in [0.15, 0.2) is 59.5 Å². The maximum atomic E-state index is 12.4. The fraction of sp³-hybridized carbons (Fsp3) is 0.0625. The predicted molar refractivity (Wildman–Crippen MR) is 90.2 cm³/mol. The van der Waals surface area contributed by atoms with Gasteiger partial charge in [0.25, 0.3) is 10.0 Å². The number of anilines is 1. The third-order valence-corrected chi connectivity index (χ3v) is 4.41. The summed E-state index contributed by atoms with van der Waals surface area (Å²) in [4.78, 5) is 10.7. The standard InChI is InChI=1S/C16H12ClF2NO4S/c17-15(21)9-4-11-2-1-3-14(10-11)25(22,23)20-12-5-7-13(8-6-12)24-16(18)19/h1-10,16,20H/b9-4+. The lowest BCUT2D eigenvalue weighted by atomic mass is 10.2. The van der Waals surface area contributed by atoms with Gasteiger partial charge >= 0.3 is 6.61 Å². The van der Waals surface area contributed by atoms with E-state index >= 15 is 0 Å². The number of nitrogens with one attached hydrogen (secondary N) is 1. The summed E-state index contributed by atoms with van der Waals surface area (Å²) >= 11 is 5.20. The van der Waals surface area contributed by atoms with E-state index in [1.807, 2.05) is 0 Å². The van der Waals surface area contributed by atoms with Gasteiger partial charge in [-0.05, 0) is 59.6 Å². The second-order valence-electron chi connectivity index (χ2n) is 4.72. The number of carbonyl (C=O) groups is 1. The monoisotopic (exact) mass is 387 g/mol. The van der Waals surface area contributed by atoms with E-state index in [2.05, 4.69) is 9.46 Å². The molecule has 9 heteroatoms. The van der Waals surface area contributed by atoms with Crippen molar-refractivity contribution in [2.75, 3.05) is 4.72 Å². The Morgan fingerprint density at radius 1 is 1.16 bits per heavy atom. The van der Waals surface area contributed by atoms with Gasteiger partial charge in [0.15, 0.2) is 0 Å². The molecular formula is C16H12ClF2NO4S. The van der Waals surface area contributed by atoms with E-state index in [1.165, 1.54) is 48.5 Å². The first-order valence-electron chi connectivity index (χ1n) is 6.81. The van der Waals surface area contributed by atoms with Gasteiger partial charge in [0.1, 0.15) is 5.75 Å². The van der Waals surface area contributed by atoms with Crippen LogP contribution in [0.4, 0.5) is 14.5 Å². The molecule has 2 rings (SSSR count). The third-order valence-electron chi connectivity index (χ3n) is 2.91. The SMILES string of the molecule is O=C(Cl)/C=C/c1cccc(S(=O)(=O)Nc2ccc(OC(F)F)cc2)c1. The lowest BCUT2D eigenvalue weighted by Crippen LogP contribution is -2.13. The van der Waals surface area contributed by atoms with Crippen LogP contribution in [0.5, 0.6) is 5.75 Å². The van der Waals surface area contributed by atoms with Gasteiger partial charge in [-0.1, -0.05) is 18.2 Å². The van der Waals surface area contributed by atoms with E-state index < -0.39 is 21.9 Å². The molecule has 0 saturated heterocycles. The molecule has 5 nitrogen and oxygen atoms in total. The Kier molecular flexibility index (Phi) is 6.11. The number of benzene rings is 2. The van der Waals surface area contributed by atoms with Gasteiger partial charge < -0.3 is 4.74 Å². The van der Waals surface area contributed by atoms with E-state index in [4.69, 9.17) is 11.6 Å². The van der Waals surface area contributed by atoms with Crippen molar-refractivity contribution in [2.24, 2.45) is 0 Å². The number of hydrogen-bond acceptors (Lipinski definition) is 4. The average molecular weight is 388 g/mol. The average Bonchev–Trinajstić information content (AvgIpc) is 2.54. The van der Waals surface area contributed by atoms with Crippen molar-refractivity contribution in [1.29, 1.82) is 0 Å². The smallest absolute Gasteiger partial charge is 0.387 e. The van der Waals surface area contributed by atoms with Crippen LogP contribution in [-0.4, -0.2) is 20.3 Å². The highest BCUT2D eigenvalue weighted by atomic mass is 35.5. The summed E-state index contributed by atoms with van der Waals surface area (Å²) < 4.78 is 55.4. The van der Waals surface area contributed by atoms with Crippen molar-refractivity contribution in [3.8, 4) is 5.75 Å². The summed E-state index contributed by atoms with van der Waals surface area (Å²) in [5, 5.41) is -0.683. The van der Waals surface area contributed by atoms with Gasteiger partial charge in [-0.15, -0.1) is 0 Å². The van der Waals surface area contributed by atoms with Crippen LogP contribution in [0.1, 0.15) is 5.56 Å². The number of alkyl halides is 2. The summed E-state index contributed by atoms with van der Waals surface area (Å²) in [5.74, 6) is -0.0872. The van der Waals surface area contributed by atoms with E-state index in [0.717, 1.165) is 6.08 Å². The van der Waals surface area contributed by atoms with Crippen LogP contribution >= 0.6 is 11.6 Å². The molecule has 0 saturated carbocycles. The molecule has 0 heterocycles. The minimum Gasteiger partial charge on any atom is -0.435 e. The normalized spacial score (nSPS) is 11.7. The minimum absolute atomic E-state index is 0.0374. The minimum atomic E-state index is -3.90. The zero-order chi connectivity index (χ0) is 18.4. The van der Waals surface area contributed by atoms with E-state index in [9.17, 15) is 22.0 Å². The Morgan fingerprint density at radius 2 is 1.84 bits per heavy atom. The second kappa shape index (κ2) is 8.09. The van der Waals surface area contributed by atoms with Crippen LogP contribution in [0, 0.1) is 0 Å². The highest BCUT2D eigenvalue weighted by Gasteiger charge is 2.14. The van der Waals surface area contributed by atoms with Gasteiger partial charge in [0.2, 0.25) is 5.24 Å². The summed E-state index contributed by atoms with van der Waals surface area (Å²) in [6, 6.07) is 10.9. The van der Waals surface area contributed by atoms with Crippen molar-refractivity contribution in [3.05, 3.63) is 60.2 Å². The first-order valence-corrected chi connectivity index (χ1v) is 8.68.